The van der Waals surface area contributed by atoms with Crippen LogP contribution in [0.25, 0.3) is 5.69 Å². The molecule has 0 radical (unpaired) electrons. The molecule has 0 saturated heterocycles. The van der Waals surface area contributed by atoms with Crippen LogP contribution in [0.5, 0.6) is 0 Å². The molecule has 1 heterocycles. The molecule has 0 aliphatic rings. The molecule has 0 aliphatic heterocycles. The zero-order valence-corrected chi connectivity index (χ0v) is 10.8. The number of nitrogens with zero attached hydrogens (tertiary/aromatic N) is 2. The smallest absolute Gasteiger partial charge is 0.199 e. The predicted molar refractivity (Wildman–Crippen MR) is 72.0 cm³/mol. The maximum atomic E-state index is 5.28. The summed E-state index contributed by atoms with van der Waals surface area (Å²) in [4.78, 5) is 0. The van der Waals surface area contributed by atoms with Crippen molar-refractivity contribution in [2.24, 2.45) is 0 Å². The van der Waals surface area contributed by atoms with Crippen LogP contribution in [-0.2, 0) is 6.42 Å². The molecule has 0 spiro atoms. The molecule has 0 atom stereocenters. The second kappa shape index (κ2) is 5.77. The van der Waals surface area contributed by atoms with Gasteiger partial charge in [-0.15, -0.1) is 0 Å². The van der Waals surface area contributed by atoms with E-state index in [9.17, 15) is 0 Å². The Labute approximate surface area is 106 Å². The Morgan fingerprint density at radius 1 is 1.24 bits per heavy atom. The van der Waals surface area contributed by atoms with Crippen LogP contribution in [0.2, 0.25) is 0 Å². The first-order valence-electron chi connectivity index (χ1n) is 6.04. The molecular weight excluding hydrogens is 230 g/mol. The van der Waals surface area contributed by atoms with Crippen LogP contribution >= 0.6 is 12.2 Å². The Morgan fingerprint density at radius 3 is 2.71 bits per heavy atom. The second-order valence-corrected chi connectivity index (χ2v) is 4.46. The summed E-state index contributed by atoms with van der Waals surface area (Å²) in [7, 11) is 0. The highest BCUT2D eigenvalue weighted by molar-refractivity contribution is 7.71. The number of hydrogen-bond acceptors (Lipinski definition) is 2. The summed E-state index contributed by atoms with van der Waals surface area (Å²) in [5.41, 5.74) is 1.08. The van der Waals surface area contributed by atoms with Crippen molar-refractivity contribution in [2.75, 3.05) is 0 Å². The first-order chi connectivity index (χ1) is 8.33. The highest BCUT2D eigenvalue weighted by atomic mass is 32.1. The van der Waals surface area contributed by atoms with Crippen molar-refractivity contribution in [3.8, 4) is 5.69 Å². The summed E-state index contributed by atoms with van der Waals surface area (Å²) in [6, 6.07) is 10.1. The van der Waals surface area contributed by atoms with Crippen molar-refractivity contribution in [3.63, 3.8) is 0 Å². The van der Waals surface area contributed by atoms with Crippen LogP contribution in [-0.4, -0.2) is 14.8 Å². The highest BCUT2D eigenvalue weighted by Crippen LogP contribution is 2.12. The average molecular weight is 247 g/mol. The molecule has 1 aromatic carbocycles. The van der Waals surface area contributed by atoms with Crippen LogP contribution in [0.3, 0.4) is 0 Å². The molecule has 3 nitrogen and oxygen atoms in total. The van der Waals surface area contributed by atoms with Crippen LogP contribution in [0.15, 0.2) is 30.3 Å². The summed E-state index contributed by atoms with van der Waals surface area (Å²) < 4.78 is 2.69. The third-order valence-electron chi connectivity index (χ3n) is 2.76. The Kier molecular flexibility index (Phi) is 4.09. The number of rotatable bonds is 5. The first kappa shape index (κ1) is 12.0. The molecule has 90 valence electrons. The molecule has 4 heteroatoms. The number of aromatic nitrogens is 3. The molecule has 17 heavy (non-hydrogen) atoms. The lowest BCUT2D eigenvalue weighted by Crippen LogP contribution is -2.01. The minimum Gasteiger partial charge on any atom is -0.272 e. The number of para-hydroxylation sites is 1. The molecule has 0 bridgehead atoms. The van der Waals surface area contributed by atoms with Crippen molar-refractivity contribution in [1.29, 1.82) is 0 Å². The van der Waals surface area contributed by atoms with Gasteiger partial charge in [0.05, 0.1) is 0 Å². The summed E-state index contributed by atoms with van der Waals surface area (Å²) in [6.45, 7) is 2.20. The van der Waals surface area contributed by atoms with Gasteiger partial charge in [0.1, 0.15) is 5.82 Å². The third kappa shape index (κ3) is 2.82. The summed E-state index contributed by atoms with van der Waals surface area (Å²) in [5, 5.41) is 7.19. The fourth-order valence-corrected chi connectivity index (χ4v) is 2.13. The predicted octanol–water partition coefficient (Wildman–Crippen LogP) is 3.66. The van der Waals surface area contributed by atoms with E-state index in [1.54, 1.807) is 0 Å². The van der Waals surface area contributed by atoms with E-state index in [0.717, 1.165) is 24.4 Å². The Hall–Kier alpha value is -1.42. The van der Waals surface area contributed by atoms with Crippen molar-refractivity contribution in [2.45, 2.75) is 32.6 Å². The summed E-state index contributed by atoms with van der Waals surface area (Å²) >= 11 is 5.28. The minimum absolute atomic E-state index is 0.669. The van der Waals surface area contributed by atoms with E-state index in [4.69, 9.17) is 12.2 Å². The fraction of sp³-hybridized carbons (Fsp3) is 0.385. The molecule has 2 aromatic rings. The standard InChI is InChI=1S/C13H17N3S/c1-2-3-5-10-12-14-15-13(17)16(12)11-8-6-4-7-9-11/h4,6-9H,2-3,5,10H2,1H3,(H,15,17). The monoisotopic (exact) mass is 247 g/mol. The molecule has 0 unspecified atom stereocenters. The van der Waals surface area contributed by atoms with Crippen molar-refractivity contribution < 1.29 is 0 Å². The van der Waals surface area contributed by atoms with Gasteiger partial charge in [-0.1, -0.05) is 38.0 Å². The van der Waals surface area contributed by atoms with E-state index in [0.29, 0.717) is 4.77 Å². The van der Waals surface area contributed by atoms with Gasteiger partial charge in [-0.05, 0) is 30.8 Å². The van der Waals surface area contributed by atoms with E-state index in [-0.39, 0.29) is 0 Å². The zero-order chi connectivity index (χ0) is 12.1. The van der Waals surface area contributed by atoms with Crippen molar-refractivity contribution in [3.05, 3.63) is 40.9 Å². The second-order valence-electron chi connectivity index (χ2n) is 4.07. The largest absolute Gasteiger partial charge is 0.272 e. The lowest BCUT2D eigenvalue weighted by atomic mass is 10.2. The number of unbranched alkanes of at least 4 members (excludes halogenated alkanes) is 2. The van der Waals surface area contributed by atoms with Gasteiger partial charge in [0.25, 0.3) is 0 Å². The van der Waals surface area contributed by atoms with Crippen LogP contribution < -0.4 is 0 Å². The lowest BCUT2D eigenvalue weighted by Gasteiger charge is -2.05. The molecule has 0 amide bonds. The molecule has 1 N–H and O–H groups in total. The maximum absolute atomic E-state index is 5.28. The normalized spacial score (nSPS) is 10.6. The van der Waals surface area contributed by atoms with Gasteiger partial charge in [-0.2, -0.15) is 5.10 Å². The fourth-order valence-electron chi connectivity index (χ4n) is 1.87. The van der Waals surface area contributed by atoms with Gasteiger partial charge in [-0.3, -0.25) is 9.67 Å². The average Bonchev–Trinajstić information content (AvgIpc) is 2.72. The Morgan fingerprint density at radius 2 is 2.00 bits per heavy atom. The molecule has 0 aliphatic carbocycles. The SMILES string of the molecule is CCCCCc1n[nH]c(=S)n1-c1ccccc1. The van der Waals surface area contributed by atoms with E-state index in [1.165, 1.54) is 12.8 Å². The van der Waals surface area contributed by atoms with E-state index >= 15 is 0 Å². The zero-order valence-electron chi connectivity index (χ0n) is 10.0. The molecule has 0 fully saturated rings. The van der Waals surface area contributed by atoms with Gasteiger partial charge < -0.3 is 0 Å². The van der Waals surface area contributed by atoms with Crippen molar-refractivity contribution >= 4 is 12.2 Å². The van der Waals surface area contributed by atoms with Gasteiger partial charge in [0.2, 0.25) is 0 Å². The topological polar surface area (TPSA) is 33.6 Å². The number of nitrogens with one attached hydrogen (secondary N) is 1. The van der Waals surface area contributed by atoms with Crippen LogP contribution in [0.1, 0.15) is 32.0 Å². The van der Waals surface area contributed by atoms with E-state index < -0.39 is 0 Å². The van der Waals surface area contributed by atoms with Gasteiger partial charge in [0, 0.05) is 12.1 Å². The van der Waals surface area contributed by atoms with Gasteiger partial charge in [0.15, 0.2) is 4.77 Å². The third-order valence-corrected chi connectivity index (χ3v) is 3.03. The number of aryl methyl sites for hydroxylation is 1. The van der Waals surface area contributed by atoms with Crippen molar-refractivity contribution in [1.82, 2.24) is 14.8 Å². The highest BCUT2D eigenvalue weighted by Gasteiger charge is 2.07. The molecule has 2 rings (SSSR count). The van der Waals surface area contributed by atoms with E-state index in [2.05, 4.69) is 29.3 Å². The van der Waals surface area contributed by atoms with Crippen LogP contribution in [0, 0.1) is 4.77 Å². The summed E-state index contributed by atoms with van der Waals surface area (Å²) in [6.07, 6.45) is 4.57. The summed E-state index contributed by atoms with van der Waals surface area (Å²) in [5.74, 6) is 1.02. The van der Waals surface area contributed by atoms with Gasteiger partial charge in [-0.25, -0.2) is 0 Å². The maximum Gasteiger partial charge on any atom is 0.199 e. The lowest BCUT2D eigenvalue weighted by molar-refractivity contribution is 0.683. The number of hydrogen-bond donors (Lipinski definition) is 1. The Balaban J connectivity index is 2.27. The van der Waals surface area contributed by atoms with Crippen LogP contribution in [0.4, 0.5) is 0 Å². The number of aromatic amines is 1. The molecule has 0 saturated carbocycles. The molecule has 1 aromatic heterocycles. The first-order valence-corrected chi connectivity index (χ1v) is 6.45. The number of H-pyrrole nitrogens is 1. The minimum atomic E-state index is 0.669. The quantitative estimate of drug-likeness (QED) is 0.646. The Bertz CT molecular complexity index is 513. The van der Waals surface area contributed by atoms with E-state index in [1.807, 2.05) is 22.8 Å². The van der Waals surface area contributed by atoms with Gasteiger partial charge >= 0.3 is 0 Å². The molecular formula is C13H17N3S. The number of benzene rings is 1.